The maximum absolute atomic E-state index is 12.9. The third kappa shape index (κ3) is 3.72. The number of nitrogens with zero attached hydrogens (tertiary/aromatic N) is 1. The van der Waals surface area contributed by atoms with Crippen molar-refractivity contribution < 1.29 is 18.7 Å². The van der Waals surface area contributed by atoms with Gasteiger partial charge in [0, 0.05) is 29.8 Å². The molecule has 1 aromatic rings. The lowest BCUT2D eigenvalue weighted by molar-refractivity contribution is -0.140. The molecule has 0 spiro atoms. The van der Waals surface area contributed by atoms with Gasteiger partial charge in [-0.25, -0.2) is 4.39 Å². The van der Waals surface area contributed by atoms with Crippen molar-refractivity contribution in [2.24, 2.45) is 11.8 Å². The van der Waals surface area contributed by atoms with Crippen molar-refractivity contribution in [3.63, 3.8) is 0 Å². The van der Waals surface area contributed by atoms with E-state index >= 15 is 0 Å². The fourth-order valence-corrected chi connectivity index (χ4v) is 4.70. The van der Waals surface area contributed by atoms with Gasteiger partial charge in [0.15, 0.2) is 0 Å². The van der Waals surface area contributed by atoms with Gasteiger partial charge < -0.3 is 15.0 Å². The SMILES string of the molecule is O=C(C[C@@H]1C[C@H]2CN(C(=O)C3CC(F)C3)C[C@H]2O1)NCc1cccs1. The van der Waals surface area contributed by atoms with Gasteiger partial charge in [-0.2, -0.15) is 0 Å². The Bertz CT molecular complexity index is 618. The molecule has 3 atom stereocenters. The van der Waals surface area contributed by atoms with Crippen LogP contribution in [0.5, 0.6) is 0 Å². The van der Waals surface area contributed by atoms with Crippen LogP contribution in [0.2, 0.25) is 0 Å². The number of amides is 2. The minimum atomic E-state index is -0.802. The first-order valence-electron chi connectivity index (χ1n) is 8.96. The molecular weight excluding hydrogens is 343 g/mol. The first-order valence-corrected chi connectivity index (χ1v) is 9.84. The van der Waals surface area contributed by atoms with Gasteiger partial charge in [0.25, 0.3) is 0 Å². The van der Waals surface area contributed by atoms with Crippen molar-refractivity contribution in [3.05, 3.63) is 22.4 Å². The maximum atomic E-state index is 12.9. The number of alkyl halides is 1. The smallest absolute Gasteiger partial charge is 0.225 e. The summed E-state index contributed by atoms with van der Waals surface area (Å²) < 4.78 is 18.9. The molecule has 3 fully saturated rings. The number of hydrogen-bond donors (Lipinski definition) is 1. The van der Waals surface area contributed by atoms with Crippen LogP contribution >= 0.6 is 11.3 Å². The summed E-state index contributed by atoms with van der Waals surface area (Å²) in [6.45, 7) is 1.84. The molecule has 2 saturated heterocycles. The van der Waals surface area contributed by atoms with E-state index in [1.165, 1.54) is 0 Å². The lowest BCUT2D eigenvalue weighted by Crippen LogP contribution is -2.42. The number of carbonyl (C=O) groups excluding carboxylic acids is 2. The molecule has 1 aromatic heterocycles. The van der Waals surface area contributed by atoms with Crippen LogP contribution in [0.3, 0.4) is 0 Å². The highest BCUT2D eigenvalue weighted by atomic mass is 32.1. The normalized spacial score (nSPS) is 33.8. The van der Waals surface area contributed by atoms with Crippen molar-refractivity contribution in [1.29, 1.82) is 0 Å². The molecule has 1 N–H and O–H groups in total. The Kier molecular flexibility index (Phi) is 4.78. The number of nitrogens with one attached hydrogen (secondary N) is 1. The first-order chi connectivity index (χ1) is 12.1. The van der Waals surface area contributed by atoms with E-state index in [4.69, 9.17) is 4.74 Å². The Hall–Kier alpha value is -1.47. The monoisotopic (exact) mass is 366 g/mol. The highest BCUT2D eigenvalue weighted by Crippen LogP contribution is 2.37. The van der Waals surface area contributed by atoms with E-state index in [-0.39, 0.29) is 29.9 Å². The number of carbonyl (C=O) groups is 2. The van der Waals surface area contributed by atoms with Gasteiger partial charge in [0.2, 0.25) is 11.8 Å². The maximum Gasteiger partial charge on any atom is 0.225 e. The Morgan fingerprint density at radius 1 is 1.32 bits per heavy atom. The highest BCUT2D eigenvalue weighted by Gasteiger charge is 2.46. The molecule has 2 amide bonds. The number of thiophene rings is 1. The number of halogens is 1. The number of rotatable bonds is 5. The minimum absolute atomic E-state index is 0.00904. The lowest BCUT2D eigenvalue weighted by atomic mass is 9.82. The standard InChI is InChI=1S/C18H23FN2O3S/c19-13-4-11(5-13)18(23)21-9-12-6-14(24-16(12)10-21)7-17(22)20-8-15-2-1-3-25-15/h1-3,11-14,16H,4-10H2,(H,20,22)/t11?,12-,13?,14-,16+/m0/s1. The molecule has 4 rings (SSSR count). The zero-order valence-corrected chi connectivity index (χ0v) is 14.8. The molecule has 7 heteroatoms. The molecule has 3 heterocycles. The molecule has 0 aromatic carbocycles. The van der Waals surface area contributed by atoms with E-state index in [2.05, 4.69) is 5.32 Å². The van der Waals surface area contributed by atoms with Crippen LogP contribution in [0.4, 0.5) is 4.39 Å². The number of likely N-dealkylation sites (tertiary alicyclic amines) is 1. The van der Waals surface area contributed by atoms with E-state index < -0.39 is 6.17 Å². The topological polar surface area (TPSA) is 58.6 Å². The number of fused-ring (bicyclic) bond motifs is 1. The first kappa shape index (κ1) is 17.0. The average molecular weight is 366 g/mol. The second kappa shape index (κ2) is 7.03. The second-order valence-electron chi connectivity index (χ2n) is 7.36. The average Bonchev–Trinajstić information content (AvgIpc) is 3.25. The summed E-state index contributed by atoms with van der Waals surface area (Å²) in [6.07, 6.45) is 1.10. The van der Waals surface area contributed by atoms with Crippen molar-refractivity contribution in [2.75, 3.05) is 13.1 Å². The lowest BCUT2D eigenvalue weighted by Gasteiger charge is -2.32. The van der Waals surface area contributed by atoms with Gasteiger partial charge in [-0.3, -0.25) is 9.59 Å². The zero-order chi connectivity index (χ0) is 17.4. The van der Waals surface area contributed by atoms with Gasteiger partial charge in [0.1, 0.15) is 6.17 Å². The van der Waals surface area contributed by atoms with Crippen molar-refractivity contribution >= 4 is 23.2 Å². The van der Waals surface area contributed by atoms with Gasteiger partial charge in [-0.05, 0) is 30.7 Å². The predicted octanol–water partition coefficient (Wildman–Crippen LogP) is 2.12. The van der Waals surface area contributed by atoms with E-state index in [9.17, 15) is 14.0 Å². The Morgan fingerprint density at radius 3 is 2.84 bits per heavy atom. The molecule has 1 aliphatic carbocycles. The van der Waals surface area contributed by atoms with Gasteiger partial charge in [-0.15, -0.1) is 11.3 Å². The van der Waals surface area contributed by atoms with Gasteiger partial charge in [-0.1, -0.05) is 6.07 Å². The molecule has 0 bridgehead atoms. The van der Waals surface area contributed by atoms with Crippen LogP contribution < -0.4 is 5.32 Å². The summed E-state index contributed by atoms with van der Waals surface area (Å²) in [7, 11) is 0. The van der Waals surface area contributed by atoms with Crippen LogP contribution in [-0.4, -0.2) is 48.2 Å². The Labute approximate surface area is 150 Å². The van der Waals surface area contributed by atoms with Gasteiger partial charge >= 0.3 is 0 Å². The van der Waals surface area contributed by atoms with E-state index in [1.807, 2.05) is 22.4 Å². The van der Waals surface area contributed by atoms with Crippen LogP contribution in [0.1, 0.15) is 30.6 Å². The summed E-state index contributed by atoms with van der Waals surface area (Å²) in [5.74, 6) is 0.264. The fourth-order valence-electron chi connectivity index (χ4n) is 4.06. The minimum Gasteiger partial charge on any atom is -0.372 e. The molecule has 136 valence electrons. The Balaban J connectivity index is 1.20. The second-order valence-corrected chi connectivity index (χ2v) is 8.39. The van der Waals surface area contributed by atoms with Crippen LogP contribution in [-0.2, 0) is 20.9 Å². The van der Waals surface area contributed by atoms with Crippen molar-refractivity contribution in [3.8, 4) is 0 Å². The molecular formula is C18H23FN2O3S. The van der Waals surface area contributed by atoms with E-state index in [0.29, 0.717) is 44.8 Å². The molecule has 1 saturated carbocycles. The third-order valence-electron chi connectivity index (χ3n) is 5.51. The van der Waals surface area contributed by atoms with Crippen molar-refractivity contribution in [2.45, 2.75) is 50.6 Å². The molecule has 0 radical (unpaired) electrons. The molecule has 2 aliphatic heterocycles. The molecule has 5 nitrogen and oxygen atoms in total. The molecule has 0 unspecified atom stereocenters. The summed E-state index contributed by atoms with van der Waals surface area (Å²) in [4.78, 5) is 27.3. The summed E-state index contributed by atoms with van der Waals surface area (Å²) in [5.41, 5.74) is 0. The Morgan fingerprint density at radius 2 is 2.16 bits per heavy atom. The third-order valence-corrected chi connectivity index (χ3v) is 6.38. The molecule has 25 heavy (non-hydrogen) atoms. The summed E-state index contributed by atoms with van der Waals surface area (Å²) in [6, 6.07) is 3.97. The van der Waals surface area contributed by atoms with Crippen LogP contribution in [0.25, 0.3) is 0 Å². The summed E-state index contributed by atoms with van der Waals surface area (Å²) >= 11 is 1.63. The van der Waals surface area contributed by atoms with Crippen LogP contribution in [0.15, 0.2) is 17.5 Å². The van der Waals surface area contributed by atoms with Crippen LogP contribution in [0, 0.1) is 11.8 Å². The summed E-state index contributed by atoms with van der Waals surface area (Å²) in [5, 5.41) is 4.92. The number of hydrogen-bond acceptors (Lipinski definition) is 4. The number of ether oxygens (including phenoxy) is 1. The zero-order valence-electron chi connectivity index (χ0n) is 14.0. The quantitative estimate of drug-likeness (QED) is 0.868. The van der Waals surface area contributed by atoms with E-state index in [0.717, 1.165) is 11.3 Å². The fraction of sp³-hybridized carbons (Fsp3) is 0.667. The molecule has 3 aliphatic rings. The predicted molar refractivity (Wildman–Crippen MR) is 91.8 cm³/mol. The highest BCUT2D eigenvalue weighted by molar-refractivity contribution is 7.09. The van der Waals surface area contributed by atoms with Crippen molar-refractivity contribution in [1.82, 2.24) is 10.2 Å². The van der Waals surface area contributed by atoms with Gasteiger partial charge in [0.05, 0.1) is 25.2 Å². The van der Waals surface area contributed by atoms with E-state index in [1.54, 1.807) is 11.3 Å². The largest absolute Gasteiger partial charge is 0.372 e.